The van der Waals surface area contributed by atoms with Crippen molar-refractivity contribution in [2.75, 3.05) is 59.5 Å². The molecular weight excluding hydrogens is 451 g/mol. The highest BCUT2D eigenvalue weighted by atomic mass is 127. The Kier molecular flexibility index (Phi) is 9.32. The Morgan fingerprint density at radius 3 is 2.52 bits per heavy atom. The zero-order valence-corrected chi connectivity index (χ0v) is 19.4. The van der Waals surface area contributed by atoms with Gasteiger partial charge in [-0.2, -0.15) is 0 Å². The number of morpholine rings is 1. The van der Waals surface area contributed by atoms with Crippen molar-refractivity contribution in [3.8, 4) is 0 Å². The van der Waals surface area contributed by atoms with E-state index >= 15 is 0 Å². The molecule has 0 aliphatic carbocycles. The molecule has 3 rings (SSSR count). The molecule has 0 radical (unpaired) electrons. The van der Waals surface area contributed by atoms with Crippen LogP contribution in [-0.4, -0.2) is 75.3 Å². The zero-order valence-electron chi connectivity index (χ0n) is 17.0. The Bertz CT molecular complexity index is 596. The van der Waals surface area contributed by atoms with Crippen LogP contribution >= 0.6 is 24.0 Å². The maximum atomic E-state index is 5.46. The number of guanidine groups is 1. The average molecular weight is 486 g/mol. The largest absolute Gasteiger partial charge is 0.379 e. The van der Waals surface area contributed by atoms with Gasteiger partial charge in [0.1, 0.15) is 0 Å². The van der Waals surface area contributed by atoms with E-state index in [9.17, 15) is 0 Å². The molecule has 6 heteroatoms. The average Bonchev–Trinajstić information content (AvgIpc) is 3.07. The molecule has 0 bridgehead atoms. The van der Waals surface area contributed by atoms with Crippen LogP contribution in [0, 0.1) is 19.8 Å². The Balaban J connectivity index is 0.00000261. The molecule has 1 N–H and O–H groups in total. The summed E-state index contributed by atoms with van der Waals surface area (Å²) in [5, 5.41) is 3.57. The van der Waals surface area contributed by atoms with Crippen LogP contribution in [0.3, 0.4) is 0 Å². The second-order valence-electron chi connectivity index (χ2n) is 7.73. The smallest absolute Gasteiger partial charge is 0.193 e. The lowest BCUT2D eigenvalue weighted by molar-refractivity contribution is 0.0315. The third-order valence-corrected chi connectivity index (χ3v) is 5.40. The highest BCUT2D eigenvalue weighted by Gasteiger charge is 2.26. The Labute approximate surface area is 181 Å². The van der Waals surface area contributed by atoms with Gasteiger partial charge < -0.3 is 15.0 Å². The first-order valence-electron chi connectivity index (χ1n) is 9.97. The standard InChI is InChI=1S/C21H34N4O.HI/c1-17-12-18(2)14-19(13-17)4-6-23-21(22-3)25-7-5-20(16-25)15-24-8-10-26-11-9-24;/h12-14,20H,4-11,15-16H2,1-3H3,(H,22,23);1H. The second-order valence-corrected chi connectivity index (χ2v) is 7.73. The van der Waals surface area contributed by atoms with Gasteiger partial charge in [0, 0.05) is 46.3 Å². The van der Waals surface area contributed by atoms with Crippen molar-refractivity contribution in [3.63, 3.8) is 0 Å². The molecule has 1 unspecified atom stereocenters. The highest BCUT2D eigenvalue weighted by molar-refractivity contribution is 14.0. The summed E-state index contributed by atoms with van der Waals surface area (Å²) in [6, 6.07) is 6.80. The number of ether oxygens (including phenoxy) is 1. The second kappa shape index (κ2) is 11.2. The number of benzene rings is 1. The highest BCUT2D eigenvalue weighted by Crippen LogP contribution is 2.18. The van der Waals surface area contributed by atoms with Gasteiger partial charge in [-0.3, -0.25) is 9.89 Å². The van der Waals surface area contributed by atoms with Gasteiger partial charge in [0.05, 0.1) is 13.2 Å². The fraction of sp³-hybridized carbons (Fsp3) is 0.667. The van der Waals surface area contributed by atoms with Crippen LogP contribution in [0.25, 0.3) is 0 Å². The van der Waals surface area contributed by atoms with Crippen molar-refractivity contribution in [2.24, 2.45) is 10.9 Å². The van der Waals surface area contributed by atoms with Gasteiger partial charge >= 0.3 is 0 Å². The summed E-state index contributed by atoms with van der Waals surface area (Å²) in [6.07, 6.45) is 2.29. The molecule has 2 fully saturated rings. The van der Waals surface area contributed by atoms with Crippen LogP contribution in [0.1, 0.15) is 23.1 Å². The minimum Gasteiger partial charge on any atom is -0.379 e. The number of hydrogen-bond acceptors (Lipinski definition) is 3. The molecule has 2 heterocycles. The van der Waals surface area contributed by atoms with E-state index in [2.05, 4.69) is 52.2 Å². The normalized spacial score (nSPS) is 21.2. The molecule has 2 aliphatic rings. The van der Waals surface area contributed by atoms with Gasteiger partial charge in [0.15, 0.2) is 5.96 Å². The van der Waals surface area contributed by atoms with E-state index in [4.69, 9.17) is 4.74 Å². The van der Waals surface area contributed by atoms with E-state index in [1.807, 2.05) is 7.05 Å². The maximum absolute atomic E-state index is 5.46. The van der Waals surface area contributed by atoms with Gasteiger partial charge in [0.25, 0.3) is 0 Å². The number of halogens is 1. The number of likely N-dealkylation sites (tertiary alicyclic amines) is 1. The summed E-state index contributed by atoms with van der Waals surface area (Å²) in [4.78, 5) is 9.49. The number of nitrogens with zero attached hydrogens (tertiary/aromatic N) is 3. The van der Waals surface area contributed by atoms with Gasteiger partial charge in [-0.15, -0.1) is 24.0 Å². The van der Waals surface area contributed by atoms with Crippen LogP contribution in [0.5, 0.6) is 0 Å². The summed E-state index contributed by atoms with van der Waals surface area (Å²) >= 11 is 0. The zero-order chi connectivity index (χ0) is 18.4. The topological polar surface area (TPSA) is 40.1 Å². The minimum atomic E-state index is 0. The summed E-state index contributed by atoms with van der Waals surface area (Å²) in [5.41, 5.74) is 4.09. The van der Waals surface area contributed by atoms with E-state index in [0.29, 0.717) is 0 Å². The van der Waals surface area contributed by atoms with Gasteiger partial charge in [-0.1, -0.05) is 29.3 Å². The summed E-state index contributed by atoms with van der Waals surface area (Å²) in [6.45, 7) is 12.6. The van der Waals surface area contributed by atoms with Crippen LogP contribution in [0.2, 0.25) is 0 Å². The molecule has 0 amide bonds. The molecule has 2 saturated heterocycles. The van der Waals surface area contributed by atoms with Gasteiger partial charge in [-0.25, -0.2) is 0 Å². The van der Waals surface area contributed by atoms with Gasteiger partial charge in [-0.05, 0) is 38.2 Å². The number of aliphatic imine (C=N–C) groups is 1. The molecule has 0 aromatic heterocycles. The predicted octanol–water partition coefficient (Wildman–Crippen LogP) is 2.69. The summed E-state index contributed by atoms with van der Waals surface area (Å²) in [7, 11) is 1.90. The van der Waals surface area contributed by atoms with Gasteiger partial charge in [0.2, 0.25) is 0 Å². The molecular formula is C21H35IN4O. The molecule has 152 valence electrons. The number of aryl methyl sites for hydroxylation is 2. The van der Waals surface area contributed by atoms with Crippen LogP contribution in [-0.2, 0) is 11.2 Å². The Morgan fingerprint density at radius 2 is 1.85 bits per heavy atom. The molecule has 0 saturated carbocycles. The van der Waals surface area contributed by atoms with Crippen LogP contribution in [0.15, 0.2) is 23.2 Å². The first-order chi connectivity index (χ1) is 12.6. The summed E-state index contributed by atoms with van der Waals surface area (Å²) < 4.78 is 5.46. The number of rotatable bonds is 5. The number of hydrogen-bond donors (Lipinski definition) is 1. The lowest BCUT2D eigenvalue weighted by Crippen LogP contribution is -2.42. The first kappa shape index (κ1) is 22.4. The third kappa shape index (κ3) is 6.91. The van der Waals surface area contributed by atoms with Crippen molar-refractivity contribution in [3.05, 3.63) is 34.9 Å². The molecule has 1 aromatic carbocycles. The van der Waals surface area contributed by atoms with E-state index in [0.717, 1.165) is 64.2 Å². The van der Waals surface area contributed by atoms with Crippen molar-refractivity contribution in [2.45, 2.75) is 26.7 Å². The van der Waals surface area contributed by atoms with E-state index < -0.39 is 0 Å². The third-order valence-electron chi connectivity index (χ3n) is 5.40. The lowest BCUT2D eigenvalue weighted by atomic mass is 10.1. The molecule has 1 aromatic rings. The lowest BCUT2D eigenvalue weighted by Gasteiger charge is -2.29. The molecule has 0 spiro atoms. The van der Waals surface area contributed by atoms with E-state index in [-0.39, 0.29) is 24.0 Å². The summed E-state index contributed by atoms with van der Waals surface area (Å²) in [5.74, 6) is 1.80. The Hall–Kier alpha value is -0.860. The fourth-order valence-corrected chi connectivity index (χ4v) is 4.19. The number of nitrogens with one attached hydrogen (secondary N) is 1. The van der Waals surface area contributed by atoms with Crippen LogP contribution < -0.4 is 5.32 Å². The SMILES string of the molecule is CN=C(NCCc1cc(C)cc(C)c1)N1CCC(CN2CCOCC2)C1.I. The fourth-order valence-electron chi connectivity index (χ4n) is 4.19. The molecule has 2 aliphatic heterocycles. The minimum absolute atomic E-state index is 0. The quantitative estimate of drug-likeness (QED) is 0.395. The Morgan fingerprint density at radius 1 is 1.15 bits per heavy atom. The maximum Gasteiger partial charge on any atom is 0.193 e. The first-order valence-corrected chi connectivity index (χ1v) is 9.97. The monoisotopic (exact) mass is 486 g/mol. The van der Waals surface area contributed by atoms with Crippen molar-refractivity contribution in [1.29, 1.82) is 0 Å². The molecule has 5 nitrogen and oxygen atoms in total. The molecule has 1 atom stereocenters. The van der Waals surface area contributed by atoms with Crippen LogP contribution in [0.4, 0.5) is 0 Å². The molecule has 27 heavy (non-hydrogen) atoms. The predicted molar refractivity (Wildman–Crippen MR) is 123 cm³/mol. The van der Waals surface area contributed by atoms with Crippen molar-refractivity contribution < 1.29 is 4.74 Å². The van der Waals surface area contributed by atoms with Crippen molar-refractivity contribution in [1.82, 2.24) is 15.1 Å². The van der Waals surface area contributed by atoms with E-state index in [1.165, 1.54) is 29.7 Å². The van der Waals surface area contributed by atoms with E-state index in [1.54, 1.807) is 0 Å². The van der Waals surface area contributed by atoms with Crippen molar-refractivity contribution >= 4 is 29.9 Å².